The molecule has 0 spiro atoms. The van der Waals surface area contributed by atoms with Crippen molar-refractivity contribution in [3.8, 4) is 0 Å². The van der Waals surface area contributed by atoms with Crippen molar-refractivity contribution in [3.05, 3.63) is 0 Å². The highest BCUT2D eigenvalue weighted by Crippen LogP contribution is 2.32. The van der Waals surface area contributed by atoms with Gasteiger partial charge in [-0.05, 0) is 25.8 Å². The van der Waals surface area contributed by atoms with E-state index in [1.165, 1.54) is 32.4 Å². The van der Waals surface area contributed by atoms with Crippen LogP contribution in [0.4, 0.5) is 0 Å². The molecule has 1 N–H and O–H groups in total. The maximum atomic E-state index is 11.0. The molecule has 3 unspecified atom stereocenters. The van der Waals surface area contributed by atoms with Crippen molar-refractivity contribution in [3.63, 3.8) is 0 Å². The van der Waals surface area contributed by atoms with Gasteiger partial charge >= 0.3 is 5.97 Å². The van der Waals surface area contributed by atoms with E-state index in [1.54, 1.807) is 0 Å². The van der Waals surface area contributed by atoms with Crippen molar-refractivity contribution in [2.24, 2.45) is 0 Å². The van der Waals surface area contributed by atoms with Gasteiger partial charge in [0.2, 0.25) is 0 Å². The summed E-state index contributed by atoms with van der Waals surface area (Å²) in [6.45, 7) is 4.42. The normalized spacial score (nSPS) is 39.4. The van der Waals surface area contributed by atoms with E-state index in [9.17, 15) is 4.79 Å². The molecule has 3 rings (SSSR count). The van der Waals surface area contributed by atoms with Gasteiger partial charge in [0.25, 0.3) is 0 Å². The van der Waals surface area contributed by atoms with Crippen molar-refractivity contribution in [1.29, 1.82) is 0 Å². The zero-order chi connectivity index (χ0) is 11.8. The number of carboxylic acid groups (broad SMARTS) is 1. The first kappa shape index (κ1) is 11.4. The minimum Gasteiger partial charge on any atom is -0.479 e. The average molecular weight is 240 g/mol. The number of nitrogens with zero attached hydrogens (tertiary/aromatic N) is 2. The van der Waals surface area contributed by atoms with Gasteiger partial charge in [-0.25, -0.2) is 4.79 Å². The van der Waals surface area contributed by atoms with Crippen LogP contribution in [0.3, 0.4) is 0 Å². The number of carbonyl (C=O) groups is 1. The number of fused-ring (bicyclic) bond motifs is 1. The van der Waals surface area contributed by atoms with Gasteiger partial charge in [-0.2, -0.15) is 0 Å². The largest absolute Gasteiger partial charge is 0.479 e. The van der Waals surface area contributed by atoms with Crippen LogP contribution < -0.4 is 0 Å². The lowest BCUT2D eigenvalue weighted by atomic mass is 10.0. The van der Waals surface area contributed by atoms with E-state index in [2.05, 4.69) is 9.80 Å². The van der Waals surface area contributed by atoms with Gasteiger partial charge in [0.05, 0.1) is 6.61 Å². The van der Waals surface area contributed by atoms with Gasteiger partial charge in [-0.15, -0.1) is 0 Å². The number of morpholine rings is 1. The molecule has 0 saturated carbocycles. The molecule has 0 aromatic carbocycles. The standard InChI is InChI=1S/C12H20N2O3/c15-12(16)11-8-14(6-7-17-11)10-3-5-13-4-1-2-9(10)13/h9-11H,1-8H2,(H,15,16). The maximum absolute atomic E-state index is 11.0. The topological polar surface area (TPSA) is 53.0 Å². The van der Waals surface area contributed by atoms with Crippen LogP contribution in [0.1, 0.15) is 19.3 Å². The third-order valence-corrected chi connectivity index (χ3v) is 4.41. The van der Waals surface area contributed by atoms with Gasteiger partial charge < -0.3 is 9.84 Å². The molecule has 3 fully saturated rings. The summed E-state index contributed by atoms with van der Waals surface area (Å²) < 4.78 is 5.29. The van der Waals surface area contributed by atoms with Crippen molar-refractivity contribution in [2.45, 2.75) is 37.5 Å². The summed E-state index contributed by atoms with van der Waals surface area (Å²) in [6, 6.07) is 1.23. The smallest absolute Gasteiger partial charge is 0.334 e. The Bertz CT molecular complexity index is 310. The summed E-state index contributed by atoms with van der Waals surface area (Å²) in [7, 11) is 0. The minimum atomic E-state index is -0.823. The van der Waals surface area contributed by atoms with E-state index in [0.717, 1.165) is 6.54 Å². The predicted octanol–water partition coefficient (Wildman–Crippen LogP) is 0.00850. The summed E-state index contributed by atoms with van der Waals surface area (Å²) in [5, 5.41) is 9.02. The molecule has 3 aliphatic rings. The Kier molecular flexibility index (Phi) is 3.06. The van der Waals surface area contributed by atoms with E-state index in [4.69, 9.17) is 9.84 Å². The van der Waals surface area contributed by atoms with Crippen LogP contribution in [0.5, 0.6) is 0 Å². The first-order chi connectivity index (χ1) is 8.25. The van der Waals surface area contributed by atoms with Crippen LogP contribution in [0.25, 0.3) is 0 Å². The summed E-state index contributed by atoms with van der Waals surface area (Å²) in [5.41, 5.74) is 0. The summed E-state index contributed by atoms with van der Waals surface area (Å²) in [6.07, 6.45) is 3.14. The molecule has 0 aliphatic carbocycles. The Morgan fingerprint density at radius 3 is 2.76 bits per heavy atom. The Morgan fingerprint density at radius 1 is 1.12 bits per heavy atom. The number of aliphatic carboxylic acids is 1. The lowest BCUT2D eigenvalue weighted by molar-refractivity contribution is -0.157. The molecule has 5 nitrogen and oxygen atoms in total. The van der Waals surface area contributed by atoms with Gasteiger partial charge in [0.15, 0.2) is 6.10 Å². The Morgan fingerprint density at radius 2 is 1.94 bits per heavy atom. The first-order valence-corrected chi connectivity index (χ1v) is 6.58. The van der Waals surface area contributed by atoms with E-state index in [1.807, 2.05) is 0 Å². The maximum Gasteiger partial charge on any atom is 0.334 e. The van der Waals surface area contributed by atoms with Crippen molar-refractivity contribution in [2.75, 3.05) is 32.8 Å². The van der Waals surface area contributed by atoms with Gasteiger partial charge in [0.1, 0.15) is 0 Å². The number of rotatable bonds is 2. The van der Waals surface area contributed by atoms with E-state index >= 15 is 0 Å². The molecule has 0 radical (unpaired) electrons. The predicted molar refractivity (Wildman–Crippen MR) is 61.9 cm³/mol. The average Bonchev–Trinajstić information content (AvgIpc) is 2.90. The second-order valence-electron chi connectivity index (χ2n) is 5.29. The molecule has 3 aliphatic heterocycles. The lowest BCUT2D eigenvalue weighted by Crippen LogP contribution is -2.53. The fraction of sp³-hybridized carbons (Fsp3) is 0.917. The molecule has 5 heteroatoms. The van der Waals surface area contributed by atoms with Crippen LogP contribution in [0, 0.1) is 0 Å². The molecule has 0 aromatic rings. The Hall–Kier alpha value is -0.650. The molecule has 3 heterocycles. The first-order valence-electron chi connectivity index (χ1n) is 6.58. The quantitative estimate of drug-likeness (QED) is 0.737. The highest BCUT2D eigenvalue weighted by molar-refractivity contribution is 5.72. The van der Waals surface area contributed by atoms with Gasteiger partial charge in [0, 0.05) is 31.7 Å². The highest BCUT2D eigenvalue weighted by Gasteiger charge is 2.42. The van der Waals surface area contributed by atoms with Crippen molar-refractivity contribution < 1.29 is 14.6 Å². The Labute approximate surface area is 101 Å². The molecule has 0 aromatic heterocycles. The van der Waals surface area contributed by atoms with Gasteiger partial charge in [-0.1, -0.05) is 0 Å². The molecule has 17 heavy (non-hydrogen) atoms. The number of hydrogen-bond acceptors (Lipinski definition) is 4. The lowest BCUT2D eigenvalue weighted by Gasteiger charge is -2.37. The van der Waals surface area contributed by atoms with Crippen LogP contribution in [-0.4, -0.2) is 71.8 Å². The van der Waals surface area contributed by atoms with Gasteiger partial charge in [-0.3, -0.25) is 9.80 Å². The second kappa shape index (κ2) is 4.55. The van der Waals surface area contributed by atoms with E-state index < -0.39 is 12.1 Å². The minimum absolute atomic E-state index is 0.556. The monoisotopic (exact) mass is 240 g/mol. The Balaban J connectivity index is 1.65. The van der Waals surface area contributed by atoms with Crippen molar-refractivity contribution in [1.82, 2.24) is 9.80 Å². The zero-order valence-corrected chi connectivity index (χ0v) is 10.0. The number of hydrogen-bond donors (Lipinski definition) is 1. The fourth-order valence-electron chi connectivity index (χ4n) is 3.60. The van der Waals surface area contributed by atoms with Crippen molar-refractivity contribution >= 4 is 5.97 Å². The molecule has 0 bridgehead atoms. The van der Waals surface area contributed by atoms with Crippen LogP contribution in [0.15, 0.2) is 0 Å². The summed E-state index contributed by atoms with van der Waals surface area (Å²) >= 11 is 0. The third kappa shape index (κ3) is 2.07. The van der Waals surface area contributed by atoms with Crippen LogP contribution in [-0.2, 0) is 9.53 Å². The molecular weight excluding hydrogens is 220 g/mol. The summed E-state index contributed by atoms with van der Waals surface area (Å²) in [5.74, 6) is -0.823. The van der Waals surface area contributed by atoms with Crippen LogP contribution >= 0.6 is 0 Å². The second-order valence-corrected chi connectivity index (χ2v) is 5.29. The molecular formula is C12H20N2O3. The van der Waals surface area contributed by atoms with Crippen LogP contribution in [0.2, 0.25) is 0 Å². The zero-order valence-electron chi connectivity index (χ0n) is 10.0. The SMILES string of the molecule is O=C(O)C1CN(C2CCN3CCCC23)CCO1. The fourth-order valence-corrected chi connectivity index (χ4v) is 3.60. The molecule has 3 atom stereocenters. The molecule has 0 amide bonds. The number of ether oxygens (including phenoxy) is 1. The molecule has 96 valence electrons. The highest BCUT2D eigenvalue weighted by atomic mass is 16.5. The third-order valence-electron chi connectivity index (χ3n) is 4.41. The van der Waals surface area contributed by atoms with E-state index in [-0.39, 0.29) is 0 Å². The number of carboxylic acids is 1. The van der Waals surface area contributed by atoms with E-state index in [0.29, 0.717) is 25.2 Å². The summed E-state index contributed by atoms with van der Waals surface area (Å²) in [4.78, 5) is 15.9. The molecule has 3 saturated heterocycles.